The molecule has 1 unspecified atom stereocenters. The zero-order valence-electron chi connectivity index (χ0n) is 10.8. The standard InChI is InChI=1S/C15H20ClNO/c1-2-17-14(7-10-3-4-10)13-9-12(16)8-11-5-6-18-15(11)13/h8-10,14,17H,2-7H2,1H3. The normalized spacial score (nSPS) is 19.4. The van der Waals surface area contributed by atoms with Crippen molar-refractivity contribution < 1.29 is 4.74 Å². The van der Waals surface area contributed by atoms with Crippen LogP contribution in [0.25, 0.3) is 0 Å². The summed E-state index contributed by atoms with van der Waals surface area (Å²) in [5.41, 5.74) is 2.54. The number of nitrogens with one attached hydrogen (secondary N) is 1. The lowest BCUT2D eigenvalue weighted by atomic mass is 9.97. The Morgan fingerprint density at radius 2 is 2.28 bits per heavy atom. The lowest BCUT2D eigenvalue weighted by Crippen LogP contribution is -2.22. The van der Waals surface area contributed by atoms with E-state index in [9.17, 15) is 0 Å². The minimum absolute atomic E-state index is 0.396. The van der Waals surface area contributed by atoms with Gasteiger partial charge in [0.25, 0.3) is 0 Å². The first-order chi connectivity index (χ1) is 8.78. The molecule has 1 saturated carbocycles. The maximum absolute atomic E-state index is 6.24. The van der Waals surface area contributed by atoms with E-state index < -0.39 is 0 Å². The average molecular weight is 266 g/mol. The van der Waals surface area contributed by atoms with Crippen molar-refractivity contribution in [3.63, 3.8) is 0 Å². The third-order valence-electron chi connectivity index (χ3n) is 3.87. The van der Waals surface area contributed by atoms with Gasteiger partial charge in [-0.05, 0) is 36.6 Å². The highest BCUT2D eigenvalue weighted by Crippen LogP contribution is 2.42. The van der Waals surface area contributed by atoms with E-state index >= 15 is 0 Å². The summed E-state index contributed by atoms with van der Waals surface area (Å²) in [5.74, 6) is 1.98. The van der Waals surface area contributed by atoms with Gasteiger partial charge in [0.2, 0.25) is 0 Å². The Kier molecular flexibility index (Phi) is 3.49. The van der Waals surface area contributed by atoms with Crippen LogP contribution in [0, 0.1) is 5.92 Å². The van der Waals surface area contributed by atoms with Gasteiger partial charge in [-0.2, -0.15) is 0 Å². The summed E-state index contributed by atoms with van der Waals surface area (Å²) in [6.07, 6.45) is 4.96. The fourth-order valence-corrected chi connectivity index (χ4v) is 3.06. The Morgan fingerprint density at radius 1 is 1.44 bits per heavy atom. The molecular weight excluding hydrogens is 246 g/mol. The summed E-state index contributed by atoms with van der Waals surface area (Å²) in [6.45, 7) is 3.94. The van der Waals surface area contributed by atoms with E-state index in [1.54, 1.807) is 0 Å². The van der Waals surface area contributed by atoms with Crippen LogP contribution >= 0.6 is 11.6 Å². The van der Waals surface area contributed by atoms with E-state index in [0.717, 1.165) is 36.3 Å². The van der Waals surface area contributed by atoms with Crippen molar-refractivity contribution in [2.24, 2.45) is 5.92 Å². The van der Waals surface area contributed by atoms with Crippen LogP contribution in [0.3, 0.4) is 0 Å². The molecule has 0 aromatic heterocycles. The van der Waals surface area contributed by atoms with E-state index in [0.29, 0.717) is 6.04 Å². The summed E-state index contributed by atoms with van der Waals surface area (Å²) >= 11 is 6.24. The fourth-order valence-electron chi connectivity index (χ4n) is 2.81. The number of ether oxygens (including phenoxy) is 1. The third kappa shape index (κ3) is 2.50. The number of fused-ring (bicyclic) bond motifs is 1. The molecule has 1 atom stereocenters. The molecule has 18 heavy (non-hydrogen) atoms. The van der Waals surface area contributed by atoms with Crippen LogP contribution in [-0.4, -0.2) is 13.2 Å². The van der Waals surface area contributed by atoms with Crippen molar-refractivity contribution in [3.8, 4) is 5.75 Å². The highest BCUT2D eigenvalue weighted by molar-refractivity contribution is 6.30. The Morgan fingerprint density at radius 3 is 3.00 bits per heavy atom. The molecule has 0 radical (unpaired) electrons. The zero-order valence-corrected chi connectivity index (χ0v) is 11.6. The highest BCUT2D eigenvalue weighted by Gasteiger charge is 2.29. The summed E-state index contributed by atoms with van der Waals surface area (Å²) < 4.78 is 5.82. The van der Waals surface area contributed by atoms with Crippen LogP contribution in [0.1, 0.15) is 43.4 Å². The van der Waals surface area contributed by atoms with Crippen LogP contribution in [0.15, 0.2) is 12.1 Å². The quantitative estimate of drug-likeness (QED) is 0.876. The Bertz CT molecular complexity index is 442. The molecule has 1 aliphatic heterocycles. The first-order valence-electron chi connectivity index (χ1n) is 6.96. The van der Waals surface area contributed by atoms with Crippen molar-refractivity contribution >= 4 is 11.6 Å². The van der Waals surface area contributed by atoms with E-state index in [4.69, 9.17) is 16.3 Å². The Hall–Kier alpha value is -0.730. The molecule has 1 heterocycles. The van der Waals surface area contributed by atoms with Gasteiger partial charge in [-0.15, -0.1) is 0 Å². The first kappa shape index (κ1) is 12.3. The lowest BCUT2D eigenvalue weighted by molar-refractivity contribution is 0.346. The van der Waals surface area contributed by atoms with Gasteiger partial charge < -0.3 is 10.1 Å². The maximum Gasteiger partial charge on any atom is 0.127 e. The van der Waals surface area contributed by atoms with Gasteiger partial charge in [0.05, 0.1) is 6.61 Å². The second-order valence-electron chi connectivity index (χ2n) is 5.37. The van der Waals surface area contributed by atoms with Crippen LogP contribution in [-0.2, 0) is 6.42 Å². The number of benzene rings is 1. The van der Waals surface area contributed by atoms with E-state index in [1.807, 2.05) is 6.07 Å². The van der Waals surface area contributed by atoms with Crippen LogP contribution in [0.5, 0.6) is 5.75 Å². The number of rotatable bonds is 5. The van der Waals surface area contributed by atoms with Crippen LogP contribution in [0.4, 0.5) is 0 Å². The van der Waals surface area contributed by atoms with Crippen LogP contribution in [0.2, 0.25) is 5.02 Å². The summed E-state index contributed by atoms with van der Waals surface area (Å²) in [6, 6.07) is 4.53. The van der Waals surface area contributed by atoms with Gasteiger partial charge in [0.1, 0.15) is 5.75 Å². The predicted octanol–water partition coefficient (Wildman–Crippen LogP) is 3.73. The van der Waals surface area contributed by atoms with Crippen molar-refractivity contribution in [3.05, 3.63) is 28.3 Å². The Balaban J connectivity index is 1.91. The topological polar surface area (TPSA) is 21.3 Å². The lowest BCUT2D eigenvalue weighted by Gasteiger charge is -2.21. The maximum atomic E-state index is 6.24. The molecule has 2 aliphatic rings. The van der Waals surface area contributed by atoms with Gasteiger partial charge in [-0.3, -0.25) is 0 Å². The number of halogens is 1. The molecule has 0 saturated heterocycles. The second kappa shape index (κ2) is 5.10. The van der Waals surface area contributed by atoms with Gasteiger partial charge in [0, 0.05) is 23.0 Å². The molecular formula is C15H20ClNO. The fraction of sp³-hybridized carbons (Fsp3) is 0.600. The summed E-state index contributed by atoms with van der Waals surface area (Å²) in [7, 11) is 0. The van der Waals surface area contributed by atoms with Crippen molar-refractivity contribution in [2.75, 3.05) is 13.2 Å². The molecule has 2 nitrogen and oxygen atoms in total. The number of hydrogen-bond donors (Lipinski definition) is 1. The van der Waals surface area contributed by atoms with Gasteiger partial charge in [0.15, 0.2) is 0 Å². The summed E-state index contributed by atoms with van der Waals surface area (Å²) in [4.78, 5) is 0. The van der Waals surface area contributed by atoms with Crippen molar-refractivity contribution in [1.29, 1.82) is 0 Å². The highest BCUT2D eigenvalue weighted by atomic mass is 35.5. The molecule has 0 bridgehead atoms. The number of hydrogen-bond acceptors (Lipinski definition) is 2. The SMILES string of the molecule is CCNC(CC1CC1)c1cc(Cl)cc2c1OCC2. The molecule has 3 heteroatoms. The Labute approximate surface area is 114 Å². The molecule has 98 valence electrons. The molecule has 1 N–H and O–H groups in total. The van der Waals surface area contributed by atoms with Crippen molar-refractivity contribution in [1.82, 2.24) is 5.32 Å². The molecule has 1 aromatic carbocycles. The second-order valence-corrected chi connectivity index (χ2v) is 5.81. The average Bonchev–Trinajstić information content (AvgIpc) is 3.03. The van der Waals surface area contributed by atoms with Gasteiger partial charge in [-0.25, -0.2) is 0 Å². The van der Waals surface area contributed by atoms with E-state index in [-0.39, 0.29) is 0 Å². The summed E-state index contributed by atoms with van der Waals surface area (Å²) in [5, 5.41) is 4.43. The van der Waals surface area contributed by atoms with E-state index in [1.165, 1.54) is 30.4 Å². The first-order valence-corrected chi connectivity index (χ1v) is 7.34. The third-order valence-corrected chi connectivity index (χ3v) is 4.09. The minimum atomic E-state index is 0.396. The predicted molar refractivity (Wildman–Crippen MR) is 74.4 cm³/mol. The molecule has 0 amide bonds. The monoisotopic (exact) mass is 265 g/mol. The molecule has 1 aliphatic carbocycles. The van der Waals surface area contributed by atoms with Gasteiger partial charge >= 0.3 is 0 Å². The molecule has 3 rings (SSSR count). The van der Waals surface area contributed by atoms with Crippen LogP contribution < -0.4 is 10.1 Å². The van der Waals surface area contributed by atoms with Crippen molar-refractivity contribution in [2.45, 2.75) is 38.6 Å². The molecule has 0 spiro atoms. The van der Waals surface area contributed by atoms with Gasteiger partial charge in [-0.1, -0.05) is 31.4 Å². The zero-order chi connectivity index (χ0) is 12.5. The minimum Gasteiger partial charge on any atom is -0.493 e. The molecule has 1 fully saturated rings. The largest absolute Gasteiger partial charge is 0.493 e. The molecule has 1 aromatic rings. The van der Waals surface area contributed by atoms with E-state index in [2.05, 4.69) is 18.3 Å². The smallest absolute Gasteiger partial charge is 0.127 e.